The van der Waals surface area contributed by atoms with Crippen molar-refractivity contribution in [2.75, 3.05) is 0 Å². The molecule has 3 aromatic rings. The van der Waals surface area contributed by atoms with Crippen molar-refractivity contribution in [2.45, 2.75) is 6.92 Å². The van der Waals surface area contributed by atoms with Crippen LogP contribution < -0.4 is 10.9 Å². The van der Waals surface area contributed by atoms with E-state index in [0.29, 0.717) is 10.6 Å². The van der Waals surface area contributed by atoms with Gasteiger partial charge in [0.1, 0.15) is 9.88 Å². The lowest BCUT2D eigenvalue weighted by atomic mass is 10.2. The molecule has 10 heteroatoms. The topological polar surface area (TPSA) is 114 Å². The Morgan fingerprint density at radius 3 is 2.65 bits per heavy atom. The van der Waals surface area contributed by atoms with Crippen LogP contribution in [0.3, 0.4) is 0 Å². The highest BCUT2D eigenvalue weighted by atomic mass is 32.1. The van der Waals surface area contributed by atoms with Gasteiger partial charge in [-0.05, 0) is 24.4 Å². The number of nitro groups is 1. The molecule has 2 aromatic heterocycles. The van der Waals surface area contributed by atoms with Gasteiger partial charge in [-0.1, -0.05) is 6.07 Å². The lowest BCUT2D eigenvalue weighted by molar-refractivity contribution is -0.384. The third-order valence-corrected chi connectivity index (χ3v) is 5.27. The summed E-state index contributed by atoms with van der Waals surface area (Å²) in [5, 5.41) is 15.3. The molecule has 3 rings (SSSR count). The van der Waals surface area contributed by atoms with Gasteiger partial charge in [0.2, 0.25) is 0 Å². The number of thiazole rings is 1. The van der Waals surface area contributed by atoms with Crippen LogP contribution in [-0.4, -0.2) is 21.7 Å². The Kier molecular flexibility index (Phi) is 5.05. The van der Waals surface area contributed by atoms with E-state index in [4.69, 9.17) is 0 Å². The summed E-state index contributed by atoms with van der Waals surface area (Å²) in [5.41, 5.74) is 5.91. The first-order valence-electron chi connectivity index (χ1n) is 7.31. The van der Waals surface area contributed by atoms with E-state index in [1.807, 2.05) is 16.8 Å². The second kappa shape index (κ2) is 7.42. The second-order valence-corrected chi connectivity index (χ2v) is 6.94. The smallest absolute Gasteiger partial charge is 0.267 e. The average molecular weight is 388 g/mol. The number of thiophene rings is 1. The molecule has 0 unspecified atom stereocenters. The van der Waals surface area contributed by atoms with Gasteiger partial charge < -0.3 is 0 Å². The fourth-order valence-corrected chi connectivity index (χ4v) is 3.79. The molecule has 1 aromatic carbocycles. The molecule has 26 heavy (non-hydrogen) atoms. The lowest BCUT2D eigenvalue weighted by Gasteiger charge is -2.06. The largest absolute Gasteiger partial charge is 0.281 e. The average Bonchev–Trinajstić information content (AvgIpc) is 3.29. The van der Waals surface area contributed by atoms with Crippen molar-refractivity contribution < 1.29 is 14.5 Å². The Bertz CT molecular complexity index is 982. The van der Waals surface area contributed by atoms with Crippen molar-refractivity contribution in [1.29, 1.82) is 0 Å². The number of benzene rings is 1. The molecule has 0 radical (unpaired) electrons. The SMILES string of the molecule is Cc1nc(-c2ccsc2)sc1C(=O)NNC(=O)c1cccc([N+](=O)[O-])c1. The van der Waals surface area contributed by atoms with Gasteiger partial charge in [0.15, 0.2) is 0 Å². The van der Waals surface area contributed by atoms with Crippen molar-refractivity contribution in [3.05, 3.63) is 67.3 Å². The molecule has 0 spiro atoms. The molecule has 8 nitrogen and oxygen atoms in total. The predicted molar refractivity (Wildman–Crippen MR) is 98.2 cm³/mol. The summed E-state index contributed by atoms with van der Waals surface area (Å²) in [6, 6.07) is 7.14. The van der Waals surface area contributed by atoms with E-state index in [2.05, 4.69) is 15.8 Å². The maximum absolute atomic E-state index is 12.3. The maximum Gasteiger partial charge on any atom is 0.281 e. The van der Waals surface area contributed by atoms with Gasteiger partial charge in [-0.3, -0.25) is 30.6 Å². The first-order chi connectivity index (χ1) is 12.5. The number of amides is 2. The van der Waals surface area contributed by atoms with Crippen LogP contribution in [0.1, 0.15) is 25.7 Å². The summed E-state index contributed by atoms with van der Waals surface area (Å²) in [6.07, 6.45) is 0. The van der Waals surface area contributed by atoms with E-state index < -0.39 is 16.7 Å². The maximum atomic E-state index is 12.3. The Balaban J connectivity index is 1.68. The zero-order valence-electron chi connectivity index (χ0n) is 13.4. The molecule has 0 saturated heterocycles. The molecule has 0 atom stereocenters. The van der Waals surface area contributed by atoms with E-state index in [1.165, 1.54) is 40.9 Å². The van der Waals surface area contributed by atoms with E-state index >= 15 is 0 Å². The Morgan fingerprint density at radius 1 is 1.19 bits per heavy atom. The number of aryl methyl sites for hydroxylation is 1. The van der Waals surface area contributed by atoms with Gasteiger partial charge >= 0.3 is 0 Å². The molecular weight excluding hydrogens is 376 g/mol. The van der Waals surface area contributed by atoms with E-state index in [-0.39, 0.29) is 11.3 Å². The highest BCUT2D eigenvalue weighted by Crippen LogP contribution is 2.29. The van der Waals surface area contributed by atoms with E-state index in [1.54, 1.807) is 6.92 Å². The van der Waals surface area contributed by atoms with Gasteiger partial charge in [-0.15, -0.1) is 11.3 Å². The van der Waals surface area contributed by atoms with Crippen molar-refractivity contribution in [1.82, 2.24) is 15.8 Å². The third-order valence-electron chi connectivity index (χ3n) is 3.38. The van der Waals surface area contributed by atoms with Gasteiger partial charge in [0.25, 0.3) is 17.5 Å². The molecular formula is C16H12N4O4S2. The number of hydrogen-bond donors (Lipinski definition) is 2. The van der Waals surface area contributed by atoms with Crippen LogP contribution in [-0.2, 0) is 0 Å². The number of carbonyl (C=O) groups is 2. The van der Waals surface area contributed by atoms with E-state index in [0.717, 1.165) is 16.6 Å². The molecule has 2 amide bonds. The summed E-state index contributed by atoms with van der Waals surface area (Å²) >= 11 is 2.76. The monoisotopic (exact) mass is 388 g/mol. The van der Waals surface area contributed by atoms with Gasteiger partial charge in [-0.25, -0.2) is 4.98 Å². The zero-order chi connectivity index (χ0) is 18.7. The zero-order valence-corrected chi connectivity index (χ0v) is 15.0. The summed E-state index contributed by atoms with van der Waals surface area (Å²) < 4.78 is 0. The Hall–Kier alpha value is -3.11. The van der Waals surface area contributed by atoms with Crippen LogP contribution in [0.25, 0.3) is 10.6 Å². The van der Waals surface area contributed by atoms with E-state index in [9.17, 15) is 19.7 Å². The van der Waals surface area contributed by atoms with Crippen molar-refractivity contribution in [2.24, 2.45) is 0 Å². The number of carbonyl (C=O) groups excluding carboxylic acids is 2. The number of nitrogens with one attached hydrogen (secondary N) is 2. The summed E-state index contributed by atoms with van der Waals surface area (Å²) in [6.45, 7) is 1.71. The molecule has 0 aliphatic heterocycles. The standard InChI is InChI=1S/C16H12N4O4S2/c1-9-13(26-16(17-9)11-5-6-25-8-11)15(22)19-18-14(21)10-3-2-4-12(7-10)20(23)24/h2-8H,1H3,(H,18,21)(H,19,22). The minimum Gasteiger partial charge on any atom is -0.267 e. The Labute approximate surface area is 155 Å². The molecule has 0 fully saturated rings. The molecule has 0 bridgehead atoms. The van der Waals surface area contributed by atoms with Gasteiger partial charge in [0.05, 0.1) is 10.6 Å². The predicted octanol–water partition coefficient (Wildman–Crippen LogP) is 3.16. The molecule has 0 aliphatic rings. The molecule has 0 saturated carbocycles. The molecule has 2 heterocycles. The fraction of sp³-hybridized carbons (Fsp3) is 0.0625. The highest BCUT2D eigenvalue weighted by Gasteiger charge is 2.18. The second-order valence-electron chi connectivity index (χ2n) is 5.16. The molecule has 132 valence electrons. The van der Waals surface area contributed by atoms with Crippen LogP contribution in [0.2, 0.25) is 0 Å². The summed E-state index contributed by atoms with van der Waals surface area (Å²) in [7, 11) is 0. The van der Waals surface area contributed by atoms with Crippen molar-refractivity contribution in [3.63, 3.8) is 0 Å². The third kappa shape index (κ3) is 3.76. The first kappa shape index (κ1) is 17.7. The van der Waals surface area contributed by atoms with Crippen molar-refractivity contribution >= 4 is 40.2 Å². The number of nitro benzene ring substituents is 1. The minimum atomic E-state index is -0.651. The van der Waals surface area contributed by atoms with Crippen LogP contribution in [0, 0.1) is 17.0 Å². The van der Waals surface area contributed by atoms with Crippen molar-refractivity contribution in [3.8, 4) is 10.6 Å². The van der Waals surface area contributed by atoms with Crippen LogP contribution >= 0.6 is 22.7 Å². The number of nitrogens with zero attached hydrogens (tertiary/aromatic N) is 2. The van der Waals surface area contributed by atoms with Crippen LogP contribution in [0.15, 0.2) is 41.1 Å². The number of aromatic nitrogens is 1. The van der Waals surface area contributed by atoms with Crippen LogP contribution in [0.5, 0.6) is 0 Å². The van der Waals surface area contributed by atoms with Gasteiger partial charge in [-0.2, -0.15) is 11.3 Å². The number of non-ortho nitro benzene ring substituents is 1. The summed E-state index contributed by atoms with van der Waals surface area (Å²) in [4.78, 5) is 39.3. The highest BCUT2D eigenvalue weighted by molar-refractivity contribution is 7.17. The normalized spacial score (nSPS) is 10.3. The number of rotatable bonds is 4. The molecule has 0 aliphatic carbocycles. The summed E-state index contributed by atoms with van der Waals surface area (Å²) in [5.74, 6) is -1.15. The first-order valence-corrected chi connectivity index (χ1v) is 9.07. The molecule has 2 N–H and O–H groups in total. The fourth-order valence-electron chi connectivity index (χ4n) is 2.12. The number of hydrogen-bond acceptors (Lipinski definition) is 7. The van der Waals surface area contributed by atoms with Gasteiger partial charge in [0, 0.05) is 28.6 Å². The lowest BCUT2D eigenvalue weighted by Crippen LogP contribution is -2.41. The minimum absolute atomic E-state index is 0.0690. The van der Waals surface area contributed by atoms with Crippen LogP contribution in [0.4, 0.5) is 5.69 Å². The quantitative estimate of drug-likeness (QED) is 0.526. The number of hydrazine groups is 1. The Morgan fingerprint density at radius 2 is 1.96 bits per heavy atom.